The summed E-state index contributed by atoms with van der Waals surface area (Å²) in [6.07, 6.45) is 22.9. The van der Waals surface area contributed by atoms with Gasteiger partial charge in [-0.3, -0.25) is 0 Å². The number of para-hydroxylation sites is 2. The van der Waals surface area contributed by atoms with Crippen LogP contribution in [0.5, 0.6) is 5.75 Å². The maximum atomic E-state index is 6.67. The van der Waals surface area contributed by atoms with E-state index in [1.165, 1.54) is 16.7 Å². The second-order valence-corrected chi connectivity index (χ2v) is 17.7. The molecule has 0 saturated carbocycles. The molecule has 14 rings (SSSR count). The lowest BCUT2D eigenvalue weighted by atomic mass is 9.82. The highest BCUT2D eigenvalue weighted by Crippen LogP contribution is 2.48. The van der Waals surface area contributed by atoms with Crippen molar-refractivity contribution in [2.75, 3.05) is 0 Å². The van der Waals surface area contributed by atoms with E-state index in [4.69, 9.17) is 28.5 Å². The topological polar surface area (TPSA) is 74.2 Å². The Morgan fingerprint density at radius 2 is 1.18 bits per heavy atom. The van der Waals surface area contributed by atoms with Crippen molar-refractivity contribution in [3.8, 4) is 62.2 Å². The third-order valence-corrected chi connectivity index (χ3v) is 13.8. The van der Waals surface area contributed by atoms with Crippen LogP contribution in [-0.4, -0.2) is 21.1 Å². The van der Waals surface area contributed by atoms with Gasteiger partial charge in [-0.15, -0.1) is 0 Å². The highest BCUT2D eigenvalue weighted by molar-refractivity contribution is 6.13. The average Bonchev–Trinajstić information content (AvgIpc) is 4.10. The summed E-state index contributed by atoms with van der Waals surface area (Å²) in [5, 5.41) is 4.19. The van der Waals surface area contributed by atoms with E-state index in [0.29, 0.717) is 23.4 Å². The summed E-state index contributed by atoms with van der Waals surface area (Å²) in [4.78, 5) is 15.6. The number of aromatic nitrogens is 3. The normalized spacial score (nSPS) is 18.0. The molecule has 10 aromatic rings. The second-order valence-electron chi connectivity index (χ2n) is 17.7. The Hall–Kier alpha value is -8.61. The van der Waals surface area contributed by atoms with Crippen molar-refractivity contribution >= 4 is 49.5 Å². The first-order valence-corrected chi connectivity index (χ1v) is 22.9. The predicted molar refractivity (Wildman–Crippen MR) is 269 cm³/mol. The monoisotopic (exact) mass is 861 g/mol. The van der Waals surface area contributed by atoms with Crippen LogP contribution in [0.3, 0.4) is 0 Å². The molecule has 6 nitrogen and oxygen atoms in total. The van der Waals surface area contributed by atoms with E-state index in [1.807, 2.05) is 30.3 Å². The van der Waals surface area contributed by atoms with Crippen LogP contribution < -0.4 is 4.74 Å². The minimum absolute atomic E-state index is 0.0190. The van der Waals surface area contributed by atoms with E-state index in [2.05, 4.69) is 176 Å². The number of allylic oxidation sites excluding steroid dienone is 10. The van der Waals surface area contributed by atoms with Gasteiger partial charge < -0.3 is 13.6 Å². The van der Waals surface area contributed by atoms with Crippen molar-refractivity contribution < 1.29 is 13.6 Å². The third kappa shape index (κ3) is 6.14. The molecule has 6 heteroatoms. The van der Waals surface area contributed by atoms with Gasteiger partial charge in [0, 0.05) is 50.1 Å². The van der Waals surface area contributed by atoms with E-state index < -0.39 is 0 Å². The Morgan fingerprint density at radius 3 is 2.13 bits per heavy atom. The zero-order valence-electron chi connectivity index (χ0n) is 36.1. The summed E-state index contributed by atoms with van der Waals surface area (Å²) in [6, 6.07) is 50.6. The molecule has 1 aliphatic heterocycles. The fraction of sp³-hybridized carbons (Fsp3) is 0.0656. The van der Waals surface area contributed by atoms with Gasteiger partial charge in [0.05, 0.1) is 5.56 Å². The largest absolute Gasteiger partial charge is 0.485 e. The first kappa shape index (κ1) is 37.7. The van der Waals surface area contributed by atoms with E-state index >= 15 is 0 Å². The van der Waals surface area contributed by atoms with Crippen LogP contribution in [-0.2, 0) is 0 Å². The fourth-order valence-corrected chi connectivity index (χ4v) is 10.7. The van der Waals surface area contributed by atoms with Crippen LogP contribution in [0.4, 0.5) is 0 Å². The smallest absolute Gasteiger partial charge is 0.167 e. The van der Waals surface area contributed by atoms with E-state index in [9.17, 15) is 0 Å². The van der Waals surface area contributed by atoms with Crippen molar-refractivity contribution in [2.45, 2.75) is 18.4 Å². The molecule has 67 heavy (non-hydrogen) atoms. The molecule has 4 aliphatic rings. The predicted octanol–water partition coefficient (Wildman–Crippen LogP) is 15.4. The molecule has 0 spiro atoms. The second kappa shape index (κ2) is 15.0. The first-order chi connectivity index (χ1) is 33.2. The minimum Gasteiger partial charge on any atom is -0.485 e. The molecule has 0 fully saturated rings. The fourth-order valence-electron chi connectivity index (χ4n) is 10.7. The molecule has 3 aromatic heterocycles. The Labute approximate surface area is 385 Å². The van der Waals surface area contributed by atoms with Crippen LogP contribution in [0.15, 0.2) is 221 Å². The van der Waals surface area contributed by atoms with Gasteiger partial charge in [-0.25, -0.2) is 15.0 Å². The summed E-state index contributed by atoms with van der Waals surface area (Å²) < 4.78 is 19.6. The molecule has 0 N–H and O–H groups in total. The molecule has 4 heterocycles. The van der Waals surface area contributed by atoms with Gasteiger partial charge in [-0.05, 0) is 93.9 Å². The lowest BCUT2D eigenvalue weighted by Crippen LogP contribution is -2.15. The van der Waals surface area contributed by atoms with Crippen molar-refractivity contribution in [1.29, 1.82) is 0 Å². The van der Waals surface area contributed by atoms with E-state index in [0.717, 1.165) is 101 Å². The molecule has 7 aromatic carbocycles. The molecule has 0 amide bonds. The van der Waals surface area contributed by atoms with Gasteiger partial charge >= 0.3 is 0 Å². The third-order valence-electron chi connectivity index (χ3n) is 13.8. The zero-order chi connectivity index (χ0) is 44.0. The molecule has 0 radical (unpaired) electrons. The van der Waals surface area contributed by atoms with Gasteiger partial charge in [0.2, 0.25) is 0 Å². The van der Waals surface area contributed by atoms with Crippen LogP contribution in [0.25, 0.3) is 106 Å². The molecule has 0 saturated heterocycles. The summed E-state index contributed by atoms with van der Waals surface area (Å²) in [6.45, 7) is 0. The summed E-state index contributed by atoms with van der Waals surface area (Å²) in [5.74, 6) is 3.22. The van der Waals surface area contributed by atoms with Crippen molar-refractivity contribution in [2.24, 2.45) is 5.92 Å². The zero-order valence-corrected chi connectivity index (χ0v) is 36.1. The van der Waals surface area contributed by atoms with Crippen LogP contribution >= 0.6 is 0 Å². The summed E-state index contributed by atoms with van der Waals surface area (Å²) >= 11 is 0. The quantitative estimate of drug-likeness (QED) is 0.166. The van der Waals surface area contributed by atoms with Crippen LogP contribution in [0.2, 0.25) is 0 Å². The maximum absolute atomic E-state index is 6.67. The Morgan fingerprint density at radius 1 is 0.463 bits per heavy atom. The molecule has 3 atom stereocenters. The molecular weight excluding hydrogens is 823 g/mol. The van der Waals surface area contributed by atoms with Crippen molar-refractivity contribution in [3.63, 3.8) is 0 Å². The van der Waals surface area contributed by atoms with Gasteiger partial charge in [-0.2, -0.15) is 0 Å². The SMILES string of the molecule is C1=CC2=C(c3ccc(-c4nc(-c5cccc(-c6cccc7oc8cc(-c9cccc%10c9C9C=CC=CC9O%10)ccc8c67)c5)nc(-c5cccc6c5oc5ccccc56)n4)cc3)C=CCC2C=C1. The number of nitrogens with zero attached hydrogens (tertiary/aromatic N) is 3. The molecule has 316 valence electrons. The molecule has 3 aliphatic carbocycles. The Balaban J connectivity index is 0.883. The first-order valence-electron chi connectivity index (χ1n) is 22.9. The van der Waals surface area contributed by atoms with Gasteiger partial charge in [0.1, 0.15) is 34.2 Å². The highest BCUT2D eigenvalue weighted by atomic mass is 16.5. The molecule has 0 bridgehead atoms. The number of benzene rings is 7. The number of rotatable bonds is 6. The van der Waals surface area contributed by atoms with Gasteiger partial charge in [-0.1, -0.05) is 158 Å². The van der Waals surface area contributed by atoms with Crippen molar-refractivity contribution in [3.05, 3.63) is 223 Å². The molecule has 3 unspecified atom stereocenters. The number of ether oxygens (including phenoxy) is 1. The van der Waals surface area contributed by atoms with Crippen LogP contribution in [0, 0.1) is 5.92 Å². The number of fused-ring (bicyclic) bond motifs is 10. The number of furan rings is 2. The highest BCUT2D eigenvalue weighted by Gasteiger charge is 2.34. The van der Waals surface area contributed by atoms with Crippen LogP contribution in [0.1, 0.15) is 23.5 Å². The van der Waals surface area contributed by atoms with Gasteiger partial charge in [0.25, 0.3) is 0 Å². The standard InChI is InChI=1S/C61H39N3O3/c1-2-16-42-36(12-1)13-8-19-43(42)37-28-30-38(31-29-37)59-62-60(64-61(63-59)50-23-9-22-47-46-17-3-5-24-51(46)67-58(47)50)41-15-7-14-39(34-41)44-20-10-27-54-57(44)49-33-32-40(35-55(49)66-54)45-21-11-26-53-56(45)48-18-4-6-25-52(48)65-53/h1-12,14-36,48,52H,13H2. The summed E-state index contributed by atoms with van der Waals surface area (Å²) in [7, 11) is 0. The Bertz CT molecular complexity index is 3890. The maximum Gasteiger partial charge on any atom is 0.167 e. The lowest BCUT2D eigenvalue weighted by molar-refractivity contribution is 0.269. The average molecular weight is 862 g/mol. The van der Waals surface area contributed by atoms with E-state index in [-0.39, 0.29) is 12.0 Å². The summed E-state index contributed by atoms with van der Waals surface area (Å²) in [5.41, 5.74) is 15.2. The Kier molecular flexibility index (Phi) is 8.43. The lowest BCUT2D eigenvalue weighted by Gasteiger charge is -2.23. The molecular formula is C61H39N3O3. The van der Waals surface area contributed by atoms with Crippen molar-refractivity contribution in [1.82, 2.24) is 15.0 Å². The van der Waals surface area contributed by atoms with E-state index in [1.54, 1.807) is 0 Å². The van der Waals surface area contributed by atoms with Gasteiger partial charge in [0.15, 0.2) is 17.5 Å². The number of hydrogen-bond donors (Lipinski definition) is 0. The minimum atomic E-state index is 0.0190. The number of hydrogen-bond acceptors (Lipinski definition) is 6.